The molecule has 96 valence electrons. The fourth-order valence-corrected chi connectivity index (χ4v) is 2.55. The Morgan fingerprint density at radius 1 is 1.41 bits per heavy atom. The van der Waals surface area contributed by atoms with Crippen molar-refractivity contribution >= 4 is 17.2 Å². The maximum Gasteiger partial charge on any atom is 0.226 e. The van der Waals surface area contributed by atoms with Crippen molar-refractivity contribution in [2.24, 2.45) is 5.41 Å². The third kappa shape index (κ3) is 3.78. The van der Waals surface area contributed by atoms with Gasteiger partial charge in [0, 0.05) is 25.0 Å². The summed E-state index contributed by atoms with van der Waals surface area (Å²) in [6.45, 7) is 9.33. The lowest BCUT2D eigenvalue weighted by atomic mass is 9.92. The fourth-order valence-electron chi connectivity index (χ4n) is 1.64. The number of rotatable bonds is 5. The minimum absolute atomic E-state index is 0.0576. The van der Waals surface area contributed by atoms with Gasteiger partial charge < -0.3 is 10.6 Å². The SMILES string of the molecule is CNC(=O)C(C)(C)CNCc1sc(C)nc1C. The number of amides is 1. The maximum absolute atomic E-state index is 11.6. The highest BCUT2D eigenvalue weighted by Crippen LogP contribution is 2.18. The summed E-state index contributed by atoms with van der Waals surface area (Å²) < 4.78 is 0. The van der Waals surface area contributed by atoms with E-state index in [-0.39, 0.29) is 11.3 Å². The molecule has 0 aliphatic carbocycles. The van der Waals surface area contributed by atoms with Crippen LogP contribution in [0, 0.1) is 19.3 Å². The molecule has 1 aromatic heterocycles. The summed E-state index contributed by atoms with van der Waals surface area (Å²) in [6, 6.07) is 0. The average molecular weight is 255 g/mol. The molecule has 0 aliphatic rings. The van der Waals surface area contributed by atoms with Gasteiger partial charge in [-0.05, 0) is 27.7 Å². The number of aryl methyl sites for hydroxylation is 2. The number of nitrogens with zero attached hydrogens (tertiary/aromatic N) is 1. The largest absolute Gasteiger partial charge is 0.359 e. The molecular formula is C12H21N3OS. The molecule has 2 N–H and O–H groups in total. The number of aromatic nitrogens is 1. The van der Waals surface area contributed by atoms with Crippen molar-refractivity contribution < 1.29 is 4.79 Å². The lowest BCUT2D eigenvalue weighted by molar-refractivity contribution is -0.128. The topological polar surface area (TPSA) is 54.0 Å². The molecule has 17 heavy (non-hydrogen) atoms. The van der Waals surface area contributed by atoms with Crippen LogP contribution in [0.25, 0.3) is 0 Å². The Hall–Kier alpha value is -0.940. The molecule has 5 heteroatoms. The molecule has 1 amide bonds. The van der Waals surface area contributed by atoms with Crippen LogP contribution in [0.1, 0.15) is 29.4 Å². The summed E-state index contributed by atoms with van der Waals surface area (Å²) in [5.74, 6) is 0.0576. The van der Waals surface area contributed by atoms with Crippen LogP contribution >= 0.6 is 11.3 Å². The van der Waals surface area contributed by atoms with Crippen molar-refractivity contribution in [2.75, 3.05) is 13.6 Å². The van der Waals surface area contributed by atoms with Crippen LogP contribution < -0.4 is 10.6 Å². The number of carbonyl (C=O) groups is 1. The second-order valence-electron chi connectivity index (χ2n) is 4.81. The van der Waals surface area contributed by atoms with Crippen LogP contribution in [-0.2, 0) is 11.3 Å². The Bertz CT molecular complexity index is 398. The molecule has 0 aliphatic heterocycles. The predicted octanol–water partition coefficient (Wildman–Crippen LogP) is 1.62. The van der Waals surface area contributed by atoms with Gasteiger partial charge in [-0.1, -0.05) is 0 Å². The van der Waals surface area contributed by atoms with E-state index in [9.17, 15) is 4.79 Å². The van der Waals surface area contributed by atoms with Crippen LogP contribution in [0.5, 0.6) is 0 Å². The summed E-state index contributed by atoms with van der Waals surface area (Å²) in [5.41, 5.74) is 0.695. The zero-order valence-corrected chi connectivity index (χ0v) is 12.0. The minimum atomic E-state index is -0.387. The first-order valence-electron chi connectivity index (χ1n) is 5.72. The lowest BCUT2D eigenvalue weighted by Gasteiger charge is -2.22. The van der Waals surface area contributed by atoms with Crippen molar-refractivity contribution in [3.05, 3.63) is 15.6 Å². The Morgan fingerprint density at radius 2 is 2.06 bits per heavy atom. The van der Waals surface area contributed by atoms with E-state index < -0.39 is 0 Å². The standard InChI is InChI=1S/C12H21N3OS/c1-8-10(17-9(2)15-8)6-14-7-12(3,4)11(16)13-5/h14H,6-7H2,1-5H3,(H,13,16). The summed E-state index contributed by atoms with van der Waals surface area (Å²) in [6.07, 6.45) is 0. The highest BCUT2D eigenvalue weighted by atomic mass is 32.1. The summed E-state index contributed by atoms with van der Waals surface area (Å²) in [7, 11) is 1.67. The number of carbonyl (C=O) groups excluding carboxylic acids is 1. The van der Waals surface area contributed by atoms with Crippen LogP contribution in [0.2, 0.25) is 0 Å². The van der Waals surface area contributed by atoms with Crippen LogP contribution in [0.4, 0.5) is 0 Å². The van der Waals surface area contributed by atoms with Gasteiger partial charge in [0.1, 0.15) is 0 Å². The van der Waals surface area contributed by atoms with E-state index in [4.69, 9.17) is 0 Å². The van der Waals surface area contributed by atoms with E-state index in [1.54, 1.807) is 18.4 Å². The monoisotopic (exact) mass is 255 g/mol. The molecule has 0 saturated carbocycles. The lowest BCUT2D eigenvalue weighted by Crippen LogP contribution is -2.41. The van der Waals surface area contributed by atoms with Gasteiger partial charge in [-0.2, -0.15) is 0 Å². The second kappa shape index (κ2) is 5.60. The molecule has 0 fully saturated rings. The van der Waals surface area contributed by atoms with Gasteiger partial charge in [0.25, 0.3) is 0 Å². The first kappa shape index (κ1) is 14.1. The summed E-state index contributed by atoms with van der Waals surface area (Å²) in [5, 5.41) is 7.09. The van der Waals surface area contributed by atoms with Gasteiger partial charge in [-0.3, -0.25) is 4.79 Å². The Morgan fingerprint density at radius 3 is 2.53 bits per heavy atom. The Kier molecular flexibility index (Phi) is 4.65. The highest BCUT2D eigenvalue weighted by Gasteiger charge is 2.25. The number of hydrogen-bond donors (Lipinski definition) is 2. The molecule has 0 radical (unpaired) electrons. The summed E-state index contributed by atoms with van der Waals surface area (Å²) in [4.78, 5) is 17.2. The number of nitrogens with one attached hydrogen (secondary N) is 2. The molecule has 0 atom stereocenters. The predicted molar refractivity (Wildman–Crippen MR) is 71.1 cm³/mol. The smallest absolute Gasteiger partial charge is 0.226 e. The molecule has 4 nitrogen and oxygen atoms in total. The van der Waals surface area contributed by atoms with Crippen molar-refractivity contribution in [3.63, 3.8) is 0 Å². The van der Waals surface area contributed by atoms with E-state index >= 15 is 0 Å². The van der Waals surface area contributed by atoms with Gasteiger partial charge >= 0.3 is 0 Å². The molecule has 1 rings (SSSR count). The van der Waals surface area contributed by atoms with E-state index in [0.29, 0.717) is 6.54 Å². The van der Waals surface area contributed by atoms with Crippen molar-refractivity contribution in [3.8, 4) is 0 Å². The second-order valence-corrected chi connectivity index (χ2v) is 6.10. The molecule has 0 spiro atoms. The minimum Gasteiger partial charge on any atom is -0.359 e. The number of thiazole rings is 1. The number of hydrogen-bond acceptors (Lipinski definition) is 4. The molecule has 0 saturated heterocycles. The maximum atomic E-state index is 11.6. The van der Waals surface area contributed by atoms with Gasteiger partial charge in [-0.25, -0.2) is 4.98 Å². The van der Waals surface area contributed by atoms with Gasteiger partial charge in [0.2, 0.25) is 5.91 Å². The van der Waals surface area contributed by atoms with Crippen molar-refractivity contribution in [1.82, 2.24) is 15.6 Å². The Balaban J connectivity index is 2.48. The first-order valence-corrected chi connectivity index (χ1v) is 6.54. The Labute approximate surface area is 107 Å². The van der Waals surface area contributed by atoms with Crippen molar-refractivity contribution in [1.29, 1.82) is 0 Å². The zero-order valence-electron chi connectivity index (χ0n) is 11.2. The fraction of sp³-hybridized carbons (Fsp3) is 0.667. The van der Waals surface area contributed by atoms with Gasteiger partial charge in [0.05, 0.1) is 16.1 Å². The quantitative estimate of drug-likeness (QED) is 0.840. The zero-order chi connectivity index (χ0) is 13.1. The third-order valence-corrected chi connectivity index (χ3v) is 3.77. The van der Waals surface area contributed by atoms with Crippen LogP contribution in [-0.4, -0.2) is 24.5 Å². The van der Waals surface area contributed by atoms with E-state index in [0.717, 1.165) is 17.2 Å². The average Bonchev–Trinajstić information content (AvgIpc) is 2.56. The molecule has 0 aromatic carbocycles. The molecule has 1 aromatic rings. The molecule has 0 bridgehead atoms. The molecule has 1 heterocycles. The van der Waals surface area contributed by atoms with Crippen LogP contribution in [0.15, 0.2) is 0 Å². The van der Waals surface area contributed by atoms with Crippen LogP contribution in [0.3, 0.4) is 0 Å². The molecule has 0 unspecified atom stereocenters. The summed E-state index contributed by atoms with van der Waals surface area (Å²) >= 11 is 1.70. The van der Waals surface area contributed by atoms with Gasteiger partial charge in [0.15, 0.2) is 0 Å². The highest BCUT2D eigenvalue weighted by molar-refractivity contribution is 7.11. The molecular weight excluding hydrogens is 234 g/mol. The normalized spacial score (nSPS) is 11.6. The van der Waals surface area contributed by atoms with E-state index in [1.807, 2.05) is 27.7 Å². The van der Waals surface area contributed by atoms with E-state index in [2.05, 4.69) is 15.6 Å². The van der Waals surface area contributed by atoms with Crippen molar-refractivity contribution in [2.45, 2.75) is 34.2 Å². The van der Waals surface area contributed by atoms with Gasteiger partial charge in [-0.15, -0.1) is 11.3 Å². The first-order chi connectivity index (χ1) is 7.86. The third-order valence-electron chi connectivity index (χ3n) is 2.69. The van der Waals surface area contributed by atoms with E-state index in [1.165, 1.54) is 4.88 Å².